The second-order valence-corrected chi connectivity index (χ2v) is 4.16. The number of fused-ring (bicyclic) bond motifs is 2. The summed E-state index contributed by atoms with van der Waals surface area (Å²) in [6.45, 7) is 0. The number of benzene rings is 1. The maximum Gasteiger partial charge on any atom is 0.253 e. The number of hydrogen-bond acceptors (Lipinski definition) is 2. The van der Waals surface area contributed by atoms with E-state index < -0.39 is 0 Å². The number of aromatic nitrogens is 1. The summed E-state index contributed by atoms with van der Waals surface area (Å²) >= 11 is 0. The first-order valence-corrected chi connectivity index (χ1v) is 5.79. The summed E-state index contributed by atoms with van der Waals surface area (Å²) in [5, 5.41) is 5.75. The van der Waals surface area contributed by atoms with Crippen molar-refractivity contribution in [2.45, 2.75) is 0 Å². The smallest absolute Gasteiger partial charge is 0.253 e. The number of nitrogens with one attached hydrogen (secondary N) is 1. The SMILES string of the molecule is CNC(=O)c1cnc2cc3cccccc3cc12. The minimum Gasteiger partial charge on any atom is -0.355 e. The lowest BCUT2D eigenvalue weighted by molar-refractivity contribution is 0.0965. The van der Waals surface area contributed by atoms with Crippen LogP contribution in [0.2, 0.25) is 0 Å². The van der Waals surface area contributed by atoms with Crippen LogP contribution < -0.4 is 5.32 Å². The zero-order valence-electron chi connectivity index (χ0n) is 9.97. The van der Waals surface area contributed by atoms with Gasteiger partial charge in [-0.15, -0.1) is 0 Å². The van der Waals surface area contributed by atoms with Gasteiger partial charge in [0, 0.05) is 18.6 Å². The summed E-state index contributed by atoms with van der Waals surface area (Å²) in [6.07, 6.45) is 1.63. The molecule has 0 atom stereocenters. The van der Waals surface area contributed by atoms with E-state index >= 15 is 0 Å². The summed E-state index contributed by atoms with van der Waals surface area (Å²) in [6, 6.07) is 14.1. The molecule has 1 N–H and O–H groups in total. The standard InChI is InChI=1S/C15H12N2O/c1-16-15(18)13-9-17-14-8-11-6-4-2-3-5-10(11)7-12(13)14/h2-9H,1H3,(H,16,18). The Balaban J connectivity index is 2.37. The molecule has 0 radical (unpaired) electrons. The van der Waals surface area contributed by atoms with E-state index in [9.17, 15) is 4.79 Å². The topological polar surface area (TPSA) is 42.0 Å². The van der Waals surface area contributed by atoms with Crippen molar-refractivity contribution in [3.05, 3.63) is 54.2 Å². The molecule has 3 heteroatoms. The normalized spacial score (nSPS) is 10.7. The van der Waals surface area contributed by atoms with Crippen molar-refractivity contribution in [2.75, 3.05) is 7.05 Å². The summed E-state index contributed by atoms with van der Waals surface area (Å²) in [7, 11) is 1.63. The van der Waals surface area contributed by atoms with Crippen molar-refractivity contribution in [3.8, 4) is 0 Å². The van der Waals surface area contributed by atoms with Crippen molar-refractivity contribution in [1.82, 2.24) is 10.3 Å². The summed E-state index contributed by atoms with van der Waals surface area (Å²) in [5.74, 6) is -0.0999. The molecule has 0 saturated carbocycles. The van der Waals surface area contributed by atoms with Gasteiger partial charge in [0.05, 0.1) is 11.1 Å². The van der Waals surface area contributed by atoms with Gasteiger partial charge in [0.15, 0.2) is 0 Å². The Bertz CT molecular complexity index is 750. The third-order valence-electron chi connectivity index (χ3n) is 3.07. The Labute approximate surface area is 104 Å². The van der Waals surface area contributed by atoms with E-state index in [1.54, 1.807) is 13.2 Å². The quantitative estimate of drug-likeness (QED) is 0.706. The lowest BCUT2D eigenvalue weighted by Gasteiger charge is -1.98. The molecule has 3 aromatic rings. The van der Waals surface area contributed by atoms with Gasteiger partial charge in [-0.05, 0) is 22.9 Å². The van der Waals surface area contributed by atoms with Gasteiger partial charge < -0.3 is 5.32 Å². The van der Waals surface area contributed by atoms with Crippen LogP contribution in [0.1, 0.15) is 10.4 Å². The van der Waals surface area contributed by atoms with E-state index in [4.69, 9.17) is 0 Å². The van der Waals surface area contributed by atoms with Gasteiger partial charge in [-0.25, -0.2) is 0 Å². The predicted molar refractivity (Wildman–Crippen MR) is 72.6 cm³/mol. The van der Waals surface area contributed by atoms with E-state index in [1.165, 1.54) is 0 Å². The maximum absolute atomic E-state index is 11.7. The minimum atomic E-state index is -0.0999. The number of hydrogen-bond donors (Lipinski definition) is 1. The van der Waals surface area contributed by atoms with E-state index in [2.05, 4.69) is 10.3 Å². The molecule has 18 heavy (non-hydrogen) atoms. The second-order valence-electron chi connectivity index (χ2n) is 4.16. The molecule has 0 bridgehead atoms. The molecule has 0 fully saturated rings. The van der Waals surface area contributed by atoms with Crippen LogP contribution in [0.3, 0.4) is 0 Å². The number of rotatable bonds is 1. The van der Waals surface area contributed by atoms with Gasteiger partial charge in [0.2, 0.25) is 0 Å². The Morgan fingerprint density at radius 1 is 1.11 bits per heavy atom. The van der Waals surface area contributed by atoms with Gasteiger partial charge in [-0.1, -0.05) is 30.3 Å². The van der Waals surface area contributed by atoms with Crippen molar-refractivity contribution in [1.29, 1.82) is 0 Å². The highest BCUT2D eigenvalue weighted by atomic mass is 16.1. The van der Waals surface area contributed by atoms with Gasteiger partial charge in [0.1, 0.15) is 0 Å². The monoisotopic (exact) mass is 236 g/mol. The molecular weight excluding hydrogens is 224 g/mol. The minimum absolute atomic E-state index is 0.0999. The van der Waals surface area contributed by atoms with Gasteiger partial charge in [0.25, 0.3) is 5.91 Å². The lowest BCUT2D eigenvalue weighted by Crippen LogP contribution is -2.17. The third-order valence-corrected chi connectivity index (χ3v) is 3.07. The number of carbonyl (C=O) groups excluding carboxylic acids is 1. The largest absolute Gasteiger partial charge is 0.355 e. The molecule has 3 rings (SSSR count). The van der Waals surface area contributed by atoms with Crippen LogP contribution in [0.15, 0.2) is 48.7 Å². The average molecular weight is 236 g/mol. The fourth-order valence-corrected chi connectivity index (χ4v) is 2.13. The molecule has 0 spiro atoms. The lowest BCUT2D eigenvalue weighted by atomic mass is 10.1. The Morgan fingerprint density at radius 2 is 1.83 bits per heavy atom. The van der Waals surface area contributed by atoms with Crippen LogP contribution in [0, 0.1) is 0 Å². The Morgan fingerprint density at radius 3 is 2.56 bits per heavy atom. The summed E-state index contributed by atoms with van der Waals surface area (Å²) in [5.41, 5.74) is 1.48. The first kappa shape index (κ1) is 10.7. The van der Waals surface area contributed by atoms with Crippen molar-refractivity contribution in [2.24, 2.45) is 0 Å². The van der Waals surface area contributed by atoms with Crippen LogP contribution in [-0.4, -0.2) is 17.9 Å². The predicted octanol–water partition coefficient (Wildman–Crippen LogP) is 2.75. The van der Waals surface area contributed by atoms with E-state index in [0.717, 1.165) is 21.7 Å². The molecule has 0 saturated heterocycles. The van der Waals surface area contributed by atoms with Crippen LogP contribution in [0.5, 0.6) is 0 Å². The van der Waals surface area contributed by atoms with E-state index in [-0.39, 0.29) is 5.91 Å². The molecule has 2 aromatic carbocycles. The molecule has 1 amide bonds. The van der Waals surface area contributed by atoms with Crippen LogP contribution >= 0.6 is 0 Å². The van der Waals surface area contributed by atoms with Gasteiger partial charge in [-0.2, -0.15) is 0 Å². The number of carbonyl (C=O) groups is 1. The average Bonchev–Trinajstić information content (AvgIpc) is 2.65. The first-order chi connectivity index (χ1) is 8.79. The zero-order chi connectivity index (χ0) is 12.5. The fourth-order valence-electron chi connectivity index (χ4n) is 2.13. The molecule has 0 aliphatic carbocycles. The van der Waals surface area contributed by atoms with E-state index in [1.807, 2.05) is 42.5 Å². The summed E-state index contributed by atoms with van der Waals surface area (Å²) < 4.78 is 0. The van der Waals surface area contributed by atoms with E-state index in [0.29, 0.717) is 5.56 Å². The van der Waals surface area contributed by atoms with Crippen LogP contribution in [0.4, 0.5) is 0 Å². The highest BCUT2D eigenvalue weighted by Gasteiger charge is 2.11. The molecule has 88 valence electrons. The fraction of sp³-hybridized carbons (Fsp3) is 0.0667. The molecular formula is C15H12N2O. The second kappa shape index (κ2) is 4.11. The van der Waals surface area contributed by atoms with Crippen LogP contribution in [0.25, 0.3) is 21.7 Å². The molecule has 0 aliphatic rings. The van der Waals surface area contributed by atoms with Gasteiger partial charge >= 0.3 is 0 Å². The van der Waals surface area contributed by atoms with Gasteiger partial charge in [-0.3, -0.25) is 9.78 Å². The highest BCUT2D eigenvalue weighted by Crippen LogP contribution is 2.24. The Kier molecular flexibility index (Phi) is 2.45. The third kappa shape index (κ3) is 1.61. The maximum atomic E-state index is 11.7. The Hall–Kier alpha value is -2.42. The van der Waals surface area contributed by atoms with Crippen molar-refractivity contribution < 1.29 is 4.79 Å². The first-order valence-electron chi connectivity index (χ1n) is 5.79. The molecule has 1 heterocycles. The molecule has 0 aliphatic heterocycles. The van der Waals surface area contributed by atoms with Crippen molar-refractivity contribution >= 4 is 27.6 Å². The van der Waals surface area contributed by atoms with Crippen molar-refractivity contribution in [3.63, 3.8) is 0 Å². The number of nitrogens with zero attached hydrogens (tertiary/aromatic N) is 1. The summed E-state index contributed by atoms with van der Waals surface area (Å²) in [4.78, 5) is 16.0. The number of amides is 1. The van der Waals surface area contributed by atoms with Crippen LogP contribution in [-0.2, 0) is 0 Å². The highest BCUT2D eigenvalue weighted by molar-refractivity contribution is 6.10. The molecule has 1 aromatic heterocycles. The molecule has 3 nitrogen and oxygen atoms in total. The zero-order valence-corrected chi connectivity index (χ0v) is 9.97. The molecule has 0 unspecified atom stereocenters.